The molecule has 0 amide bonds. The number of ether oxygens (including phenoxy) is 3. The zero-order valence-corrected chi connectivity index (χ0v) is 22.9. The first-order chi connectivity index (χ1) is 18.2. The number of rotatable bonds is 19. The van der Waals surface area contributed by atoms with E-state index in [2.05, 4.69) is 21.9 Å². The number of carbonyl (C=O) groups is 2. The van der Waals surface area contributed by atoms with Gasteiger partial charge in [-0.3, -0.25) is 23.9 Å². The molecule has 5 N–H and O–H groups in total. The van der Waals surface area contributed by atoms with Crippen LogP contribution in [0.25, 0.3) is 11.2 Å². The van der Waals surface area contributed by atoms with Crippen molar-refractivity contribution >= 4 is 29.1 Å². The third-order valence-corrected chi connectivity index (χ3v) is 6.26. The zero-order valence-electron chi connectivity index (χ0n) is 22.9. The number of nitrogens with two attached hydrogens (primary N) is 2. The normalized spacial score (nSPS) is 13.1. The van der Waals surface area contributed by atoms with Crippen LogP contribution in [0.2, 0.25) is 0 Å². The molecule has 0 aliphatic heterocycles. The number of anilines is 1. The van der Waals surface area contributed by atoms with Crippen molar-refractivity contribution in [3.05, 3.63) is 16.7 Å². The minimum atomic E-state index is -0.777. The van der Waals surface area contributed by atoms with Crippen molar-refractivity contribution in [2.24, 2.45) is 11.7 Å². The minimum absolute atomic E-state index is 0.0529. The molecule has 1 unspecified atom stereocenters. The lowest BCUT2D eigenvalue weighted by Crippen LogP contribution is -2.39. The molecule has 214 valence electrons. The van der Waals surface area contributed by atoms with Crippen molar-refractivity contribution in [2.75, 3.05) is 18.9 Å². The molecule has 2 aromatic rings. The Hall–Kier alpha value is -2.99. The van der Waals surface area contributed by atoms with Crippen LogP contribution >= 0.6 is 0 Å². The molecular weight excluding hydrogens is 492 g/mol. The molecule has 12 nitrogen and oxygen atoms in total. The Labute approximate surface area is 223 Å². The highest BCUT2D eigenvalue weighted by molar-refractivity contribution is 5.75. The smallest absolute Gasteiger partial charge is 0.323 e. The van der Waals surface area contributed by atoms with E-state index in [9.17, 15) is 14.4 Å². The first kappa shape index (κ1) is 31.2. The van der Waals surface area contributed by atoms with Crippen LogP contribution in [-0.4, -0.2) is 56.8 Å². The fourth-order valence-corrected chi connectivity index (χ4v) is 3.78. The summed E-state index contributed by atoms with van der Waals surface area (Å²) in [6.45, 7) is 5.50. The maximum absolute atomic E-state index is 12.3. The highest BCUT2D eigenvalue weighted by Crippen LogP contribution is 2.12. The Morgan fingerprint density at radius 1 is 1.03 bits per heavy atom. The van der Waals surface area contributed by atoms with E-state index < -0.39 is 23.7 Å². The predicted octanol–water partition coefficient (Wildman–Crippen LogP) is 3.04. The van der Waals surface area contributed by atoms with Gasteiger partial charge in [0.05, 0.1) is 6.33 Å². The fourth-order valence-electron chi connectivity index (χ4n) is 3.78. The maximum atomic E-state index is 12.3. The molecule has 0 aliphatic rings. The number of aromatic amines is 1. The van der Waals surface area contributed by atoms with Gasteiger partial charge in [-0.15, -0.1) is 0 Å². The largest absolute Gasteiger partial charge is 0.463 e. The average Bonchev–Trinajstić information content (AvgIpc) is 3.29. The molecule has 0 bridgehead atoms. The number of hydrogen-bond donors (Lipinski definition) is 3. The summed E-state index contributed by atoms with van der Waals surface area (Å²) < 4.78 is 18.1. The summed E-state index contributed by atoms with van der Waals surface area (Å²) in [5.74, 6) is -1.05. The summed E-state index contributed by atoms with van der Waals surface area (Å²) in [5, 5.41) is 0. The van der Waals surface area contributed by atoms with Gasteiger partial charge in [0.25, 0.3) is 5.56 Å². The number of imidazole rings is 1. The molecule has 2 aromatic heterocycles. The lowest BCUT2D eigenvalue weighted by atomic mass is 10.1. The lowest BCUT2D eigenvalue weighted by molar-refractivity contribution is -0.158. The van der Waals surface area contributed by atoms with Crippen LogP contribution in [0, 0.1) is 5.92 Å². The van der Waals surface area contributed by atoms with Crippen LogP contribution in [0.15, 0.2) is 11.1 Å². The predicted molar refractivity (Wildman–Crippen MR) is 144 cm³/mol. The number of unbranched alkanes of at least 4 members (excludes halogenated alkanes) is 8. The maximum Gasteiger partial charge on any atom is 0.323 e. The number of carbonyl (C=O) groups excluding carboxylic acids is 2. The molecule has 2 rings (SSSR count). The van der Waals surface area contributed by atoms with Crippen molar-refractivity contribution in [2.45, 2.75) is 104 Å². The second-order valence-corrected chi connectivity index (χ2v) is 9.92. The minimum Gasteiger partial charge on any atom is -0.463 e. The topological polar surface area (TPSA) is 177 Å². The second-order valence-electron chi connectivity index (χ2n) is 9.92. The third kappa shape index (κ3) is 10.8. The van der Waals surface area contributed by atoms with E-state index in [1.165, 1.54) is 49.4 Å². The number of aromatic nitrogens is 4. The van der Waals surface area contributed by atoms with Gasteiger partial charge in [-0.2, -0.15) is 4.98 Å². The second kappa shape index (κ2) is 16.8. The Morgan fingerprint density at radius 3 is 2.32 bits per heavy atom. The van der Waals surface area contributed by atoms with Crippen molar-refractivity contribution in [1.29, 1.82) is 0 Å². The van der Waals surface area contributed by atoms with Gasteiger partial charge < -0.3 is 25.7 Å². The number of nitrogen functional groups attached to an aromatic ring is 1. The molecule has 2 heterocycles. The average molecular weight is 537 g/mol. The van der Waals surface area contributed by atoms with Gasteiger partial charge in [-0.25, -0.2) is 4.98 Å². The number of H-pyrrole nitrogens is 1. The van der Waals surface area contributed by atoms with Gasteiger partial charge in [0.1, 0.15) is 32.1 Å². The van der Waals surface area contributed by atoms with E-state index in [0.29, 0.717) is 6.42 Å². The van der Waals surface area contributed by atoms with Gasteiger partial charge in [-0.1, -0.05) is 72.1 Å². The number of esters is 2. The number of nitrogens with one attached hydrogen (secondary N) is 1. The summed E-state index contributed by atoms with van der Waals surface area (Å²) in [4.78, 5) is 47.0. The Bertz CT molecular complexity index is 1050. The first-order valence-corrected chi connectivity index (χ1v) is 13.6. The summed E-state index contributed by atoms with van der Waals surface area (Å²) in [7, 11) is 0. The van der Waals surface area contributed by atoms with E-state index >= 15 is 0 Å². The molecule has 0 saturated heterocycles. The van der Waals surface area contributed by atoms with E-state index in [0.717, 1.165) is 19.3 Å². The monoisotopic (exact) mass is 536 g/mol. The van der Waals surface area contributed by atoms with Gasteiger partial charge >= 0.3 is 11.9 Å². The van der Waals surface area contributed by atoms with Crippen LogP contribution in [0.1, 0.15) is 85.0 Å². The molecular formula is C26H44N6O6. The highest BCUT2D eigenvalue weighted by Gasteiger charge is 2.22. The SMILES string of the molecule is CCCCCCCCCCCC(=O)OCC(COC(=O)[C@@H](N)C(C)C)OCn1cnc2c(=O)[nH]c(N)nc21. The lowest BCUT2D eigenvalue weighted by Gasteiger charge is -2.20. The van der Waals surface area contributed by atoms with Gasteiger partial charge in [0.2, 0.25) is 5.95 Å². The summed E-state index contributed by atoms with van der Waals surface area (Å²) in [6.07, 6.45) is 11.3. The molecule has 2 atom stereocenters. The quantitative estimate of drug-likeness (QED) is 0.178. The van der Waals surface area contributed by atoms with Crippen molar-refractivity contribution < 1.29 is 23.8 Å². The summed E-state index contributed by atoms with van der Waals surface area (Å²) in [6, 6.07) is -0.777. The molecule has 0 aromatic carbocycles. The van der Waals surface area contributed by atoms with E-state index in [4.69, 9.17) is 25.7 Å². The van der Waals surface area contributed by atoms with Gasteiger partial charge in [-0.05, 0) is 12.3 Å². The van der Waals surface area contributed by atoms with E-state index in [-0.39, 0.29) is 48.9 Å². The number of hydrogen-bond acceptors (Lipinski definition) is 10. The molecule has 0 saturated carbocycles. The standard InChI is InChI=1S/C26H44N6O6/c1-4-5-6-7-8-9-10-11-12-13-20(33)36-14-19(15-37-25(35)21(27)18(2)3)38-17-32-16-29-22-23(32)30-26(28)31-24(22)34/h16,18-19,21H,4-15,17,27H2,1-3H3,(H3,28,30,31,34)/t19?,21-/m0/s1. The molecule has 0 aliphatic carbocycles. The van der Waals surface area contributed by atoms with Crippen molar-refractivity contribution in [3.8, 4) is 0 Å². The molecule has 12 heteroatoms. The summed E-state index contributed by atoms with van der Waals surface area (Å²) >= 11 is 0. The number of nitrogens with zero attached hydrogens (tertiary/aromatic N) is 3. The first-order valence-electron chi connectivity index (χ1n) is 13.6. The van der Waals surface area contributed by atoms with E-state index in [1.807, 2.05) is 13.8 Å². The zero-order chi connectivity index (χ0) is 27.9. The van der Waals surface area contributed by atoms with Gasteiger partial charge in [0.15, 0.2) is 11.2 Å². The van der Waals surface area contributed by atoms with Crippen LogP contribution < -0.4 is 17.0 Å². The highest BCUT2D eigenvalue weighted by atomic mass is 16.6. The van der Waals surface area contributed by atoms with Crippen LogP contribution in [-0.2, 0) is 30.5 Å². The Morgan fingerprint density at radius 2 is 1.66 bits per heavy atom. The molecule has 0 radical (unpaired) electrons. The van der Waals surface area contributed by atoms with Crippen LogP contribution in [0.3, 0.4) is 0 Å². The fraction of sp³-hybridized carbons (Fsp3) is 0.731. The Balaban J connectivity index is 1.84. The summed E-state index contributed by atoms with van der Waals surface area (Å²) in [5.41, 5.74) is 11.4. The van der Waals surface area contributed by atoms with Crippen LogP contribution in [0.4, 0.5) is 5.95 Å². The molecule has 0 spiro atoms. The third-order valence-electron chi connectivity index (χ3n) is 6.26. The Kier molecular flexibility index (Phi) is 13.8. The van der Waals surface area contributed by atoms with Crippen molar-refractivity contribution in [3.63, 3.8) is 0 Å². The number of fused-ring (bicyclic) bond motifs is 1. The van der Waals surface area contributed by atoms with Crippen molar-refractivity contribution in [1.82, 2.24) is 19.5 Å². The molecule has 38 heavy (non-hydrogen) atoms. The molecule has 0 fully saturated rings. The van der Waals surface area contributed by atoms with E-state index in [1.54, 1.807) is 0 Å². The van der Waals surface area contributed by atoms with Gasteiger partial charge in [0, 0.05) is 6.42 Å². The van der Waals surface area contributed by atoms with Crippen LogP contribution in [0.5, 0.6) is 0 Å².